The Balaban J connectivity index is 3.02. The Hall–Kier alpha value is -2.23. The molecule has 0 aliphatic heterocycles. The predicted octanol–water partition coefficient (Wildman–Crippen LogP) is 2.63. The van der Waals surface area contributed by atoms with Crippen molar-refractivity contribution < 1.29 is 18.3 Å². The molecule has 0 amide bonds. The number of rotatable bonds is 2. The van der Waals surface area contributed by atoms with Crippen LogP contribution in [0.2, 0.25) is 0 Å². The molecule has 0 aliphatic carbocycles. The van der Waals surface area contributed by atoms with Crippen LogP contribution in [0.3, 0.4) is 0 Å². The number of aryl methyl sites for hydroxylation is 1. The summed E-state index contributed by atoms with van der Waals surface area (Å²) in [4.78, 5) is 6.48. The van der Waals surface area contributed by atoms with Crippen molar-refractivity contribution in [1.82, 2.24) is 9.97 Å². The summed E-state index contributed by atoms with van der Waals surface area (Å²) in [5, 5.41) is 17.4. The summed E-state index contributed by atoms with van der Waals surface area (Å²) in [6.07, 6.45) is -2.12. The zero-order valence-electron chi connectivity index (χ0n) is 8.71. The first-order valence-electron chi connectivity index (χ1n) is 4.45. The number of allylic oxidation sites excluding steroid dienone is 4. The molecular weight excluding hydrogens is 235 g/mol. The highest BCUT2D eigenvalue weighted by Gasteiger charge is 2.33. The molecule has 0 saturated carbocycles. The highest BCUT2D eigenvalue weighted by molar-refractivity contribution is 5.73. The molecule has 0 aromatic carbocycles. The number of aliphatic hydroxyl groups is 1. The average molecular weight is 243 g/mol. The van der Waals surface area contributed by atoms with E-state index in [1.165, 1.54) is 6.20 Å². The zero-order chi connectivity index (χ0) is 13.1. The molecule has 7 heteroatoms. The Labute approximate surface area is 94.7 Å². The largest absolute Gasteiger partial charge is 0.504 e. The van der Waals surface area contributed by atoms with Crippen molar-refractivity contribution in [2.24, 2.45) is 0 Å². The van der Waals surface area contributed by atoms with Crippen LogP contribution in [0.15, 0.2) is 24.1 Å². The van der Waals surface area contributed by atoms with E-state index in [0.29, 0.717) is 11.8 Å². The van der Waals surface area contributed by atoms with Crippen molar-refractivity contribution in [3.8, 4) is 6.07 Å². The van der Waals surface area contributed by atoms with Gasteiger partial charge in [-0.05, 0) is 19.1 Å². The Morgan fingerprint density at radius 2 is 2.18 bits per heavy atom. The number of aromatic amines is 1. The topological polar surface area (TPSA) is 72.7 Å². The number of H-pyrrole nitrogens is 1. The van der Waals surface area contributed by atoms with Crippen molar-refractivity contribution in [2.45, 2.75) is 13.1 Å². The molecule has 4 nitrogen and oxygen atoms in total. The Kier molecular flexibility index (Phi) is 3.58. The van der Waals surface area contributed by atoms with Gasteiger partial charge in [0, 0.05) is 11.9 Å². The molecule has 0 radical (unpaired) electrons. The SMILES string of the molecule is Cc1cnc(/C(C#N)=C\C=C(/O)C(F)(F)F)[nH]1. The molecule has 2 N–H and O–H groups in total. The average Bonchev–Trinajstić information content (AvgIpc) is 2.64. The minimum atomic E-state index is -4.82. The maximum absolute atomic E-state index is 12.0. The number of aromatic nitrogens is 2. The smallest absolute Gasteiger partial charge is 0.448 e. The Bertz CT molecular complexity index is 506. The Morgan fingerprint density at radius 1 is 1.53 bits per heavy atom. The van der Waals surface area contributed by atoms with Crippen LogP contribution in [0.1, 0.15) is 11.5 Å². The quantitative estimate of drug-likeness (QED) is 0.476. The first-order valence-corrected chi connectivity index (χ1v) is 4.45. The fraction of sp³-hybridized carbons (Fsp3) is 0.200. The van der Waals surface area contributed by atoms with E-state index in [9.17, 15) is 13.2 Å². The zero-order valence-corrected chi connectivity index (χ0v) is 8.71. The number of hydrogen-bond acceptors (Lipinski definition) is 3. The number of hydrogen-bond donors (Lipinski definition) is 2. The summed E-state index contributed by atoms with van der Waals surface area (Å²) in [6, 6.07) is 1.68. The molecule has 0 saturated heterocycles. The second-order valence-electron chi connectivity index (χ2n) is 3.16. The van der Waals surface area contributed by atoms with Crippen molar-refractivity contribution in [1.29, 1.82) is 5.26 Å². The molecule has 0 atom stereocenters. The van der Waals surface area contributed by atoms with Crippen LogP contribution in [0.5, 0.6) is 0 Å². The van der Waals surface area contributed by atoms with Crippen molar-refractivity contribution >= 4 is 5.57 Å². The molecule has 0 aliphatic rings. The minimum absolute atomic E-state index is 0.103. The van der Waals surface area contributed by atoms with E-state index in [-0.39, 0.29) is 11.4 Å². The van der Waals surface area contributed by atoms with Gasteiger partial charge < -0.3 is 10.1 Å². The van der Waals surface area contributed by atoms with E-state index < -0.39 is 11.9 Å². The van der Waals surface area contributed by atoms with E-state index in [1.54, 1.807) is 13.0 Å². The number of halogens is 3. The van der Waals surface area contributed by atoms with Gasteiger partial charge in [-0.15, -0.1) is 0 Å². The van der Waals surface area contributed by atoms with Crippen LogP contribution in [0, 0.1) is 18.3 Å². The van der Waals surface area contributed by atoms with Crippen molar-refractivity contribution in [2.75, 3.05) is 0 Å². The summed E-state index contributed by atoms with van der Waals surface area (Å²) in [5.41, 5.74) is 0.569. The first-order chi connectivity index (χ1) is 7.84. The van der Waals surface area contributed by atoms with Gasteiger partial charge in [-0.25, -0.2) is 4.98 Å². The van der Waals surface area contributed by atoms with Crippen molar-refractivity contribution in [3.05, 3.63) is 35.6 Å². The second-order valence-corrected chi connectivity index (χ2v) is 3.16. The maximum atomic E-state index is 12.0. The van der Waals surface area contributed by atoms with E-state index in [4.69, 9.17) is 10.4 Å². The molecule has 0 spiro atoms. The molecule has 17 heavy (non-hydrogen) atoms. The normalized spacial score (nSPS) is 13.6. The lowest BCUT2D eigenvalue weighted by Crippen LogP contribution is -2.10. The first kappa shape index (κ1) is 12.8. The van der Waals surface area contributed by atoms with Crippen LogP contribution in [-0.2, 0) is 0 Å². The molecule has 0 unspecified atom stereocenters. The molecule has 0 bridgehead atoms. The highest BCUT2D eigenvalue weighted by atomic mass is 19.4. The van der Waals surface area contributed by atoms with Gasteiger partial charge in [0.15, 0.2) is 5.76 Å². The third-order valence-electron chi connectivity index (χ3n) is 1.78. The summed E-state index contributed by atoms with van der Waals surface area (Å²) >= 11 is 0. The molecule has 0 fully saturated rings. The number of aliphatic hydroxyl groups excluding tert-OH is 1. The van der Waals surface area contributed by atoms with Crippen molar-refractivity contribution in [3.63, 3.8) is 0 Å². The molecule has 1 heterocycles. The maximum Gasteiger partial charge on any atom is 0.448 e. The molecule has 1 rings (SSSR count). The second kappa shape index (κ2) is 4.74. The predicted molar refractivity (Wildman–Crippen MR) is 53.7 cm³/mol. The lowest BCUT2D eigenvalue weighted by Gasteiger charge is -2.02. The van der Waals surface area contributed by atoms with Gasteiger partial charge in [0.1, 0.15) is 11.9 Å². The van der Waals surface area contributed by atoms with Gasteiger partial charge >= 0.3 is 6.18 Å². The van der Waals surface area contributed by atoms with E-state index in [0.717, 1.165) is 6.08 Å². The lowest BCUT2D eigenvalue weighted by molar-refractivity contribution is -0.120. The van der Waals surface area contributed by atoms with Crippen LogP contribution < -0.4 is 0 Å². The minimum Gasteiger partial charge on any atom is -0.504 e. The molecular formula is C10H8F3N3O. The fourth-order valence-corrected chi connectivity index (χ4v) is 0.975. The van der Waals surface area contributed by atoms with Gasteiger partial charge in [0.2, 0.25) is 0 Å². The molecule has 1 aromatic rings. The fourth-order valence-electron chi connectivity index (χ4n) is 0.975. The van der Waals surface area contributed by atoms with Crippen LogP contribution in [0.4, 0.5) is 13.2 Å². The molecule has 1 aromatic heterocycles. The summed E-state index contributed by atoms with van der Waals surface area (Å²) in [6.45, 7) is 1.69. The summed E-state index contributed by atoms with van der Waals surface area (Å²) < 4.78 is 35.9. The van der Waals surface area contributed by atoms with Gasteiger partial charge in [0.05, 0.1) is 5.57 Å². The van der Waals surface area contributed by atoms with Crippen LogP contribution in [-0.4, -0.2) is 21.3 Å². The van der Waals surface area contributed by atoms with Gasteiger partial charge in [-0.3, -0.25) is 0 Å². The third kappa shape index (κ3) is 3.38. The number of nitrogens with one attached hydrogen (secondary N) is 1. The number of imidazole rings is 1. The van der Waals surface area contributed by atoms with E-state index >= 15 is 0 Å². The summed E-state index contributed by atoms with van der Waals surface area (Å²) in [7, 11) is 0. The van der Waals surface area contributed by atoms with Crippen LogP contribution >= 0.6 is 0 Å². The van der Waals surface area contributed by atoms with Gasteiger partial charge in [-0.1, -0.05) is 0 Å². The molecule has 90 valence electrons. The standard InChI is InChI=1S/C10H8F3N3O/c1-6-5-15-9(16-6)7(4-14)2-3-8(17)10(11,12)13/h2-3,5,17H,1H3,(H,15,16)/b7-2-,8-3-. The summed E-state index contributed by atoms with van der Waals surface area (Å²) in [5.74, 6) is -1.62. The monoisotopic (exact) mass is 243 g/mol. The Morgan fingerprint density at radius 3 is 2.59 bits per heavy atom. The third-order valence-corrected chi connectivity index (χ3v) is 1.78. The highest BCUT2D eigenvalue weighted by Crippen LogP contribution is 2.23. The number of nitrogens with zero attached hydrogens (tertiary/aromatic N) is 2. The number of nitriles is 1. The van der Waals surface area contributed by atoms with E-state index in [1.807, 2.05) is 0 Å². The number of alkyl halides is 3. The van der Waals surface area contributed by atoms with Crippen LogP contribution in [0.25, 0.3) is 5.57 Å². The lowest BCUT2D eigenvalue weighted by atomic mass is 10.2. The van der Waals surface area contributed by atoms with E-state index in [2.05, 4.69) is 9.97 Å². The van der Waals surface area contributed by atoms with Gasteiger partial charge in [-0.2, -0.15) is 18.4 Å². The van der Waals surface area contributed by atoms with Gasteiger partial charge in [0.25, 0.3) is 0 Å².